The predicted octanol–water partition coefficient (Wildman–Crippen LogP) is 4.03. The van der Waals surface area contributed by atoms with Crippen LogP contribution in [0.1, 0.15) is 22.9 Å². The van der Waals surface area contributed by atoms with E-state index in [0.717, 1.165) is 11.1 Å². The van der Waals surface area contributed by atoms with Crippen LogP contribution in [0.15, 0.2) is 72.8 Å². The zero-order chi connectivity index (χ0) is 23.5. The molecule has 0 unspecified atom stereocenters. The van der Waals surface area contributed by atoms with Crippen molar-refractivity contribution in [3.05, 3.63) is 95.7 Å². The van der Waals surface area contributed by atoms with E-state index in [2.05, 4.69) is 10.1 Å². The molecule has 0 saturated carbocycles. The zero-order valence-electron chi connectivity index (χ0n) is 18.3. The highest BCUT2D eigenvalue weighted by Gasteiger charge is 2.48. The minimum atomic E-state index is -1.54. The lowest BCUT2D eigenvalue weighted by molar-refractivity contribution is -0.0742. The summed E-state index contributed by atoms with van der Waals surface area (Å²) in [6.45, 7) is 0.701. The molecule has 2 aromatic carbocycles. The first kappa shape index (κ1) is 22.4. The number of fused-ring (bicyclic) bond motifs is 1. The van der Waals surface area contributed by atoms with Gasteiger partial charge in [-0.3, -0.25) is 0 Å². The number of nitrogens with zero attached hydrogens (tertiary/aromatic N) is 3. The second-order valence-electron chi connectivity index (χ2n) is 8.12. The average molecular weight is 466 g/mol. The number of alkyl halides is 1. The van der Waals surface area contributed by atoms with Gasteiger partial charge in [-0.15, -0.1) is 5.10 Å². The number of nitrogen functional groups attached to an aromatic ring is 1. The molecule has 5 rings (SSSR count). The van der Waals surface area contributed by atoms with Crippen molar-refractivity contribution >= 4 is 11.3 Å². The van der Waals surface area contributed by atoms with Gasteiger partial charge in [0.15, 0.2) is 12.0 Å². The molecule has 2 N–H and O–H groups in total. The van der Waals surface area contributed by atoms with E-state index in [1.165, 1.54) is 4.52 Å². The third-order valence-electron chi connectivity index (χ3n) is 5.80. The molecule has 9 heteroatoms. The van der Waals surface area contributed by atoms with Crippen molar-refractivity contribution in [2.75, 3.05) is 12.3 Å². The van der Waals surface area contributed by atoms with Crippen LogP contribution >= 0.6 is 0 Å². The van der Waals surface area contributed by atoms with E-state index in [1.54, 1.807) is 12.1 Å². The molecule has 1 aliphatic heterocycles. The van der Waals surface area contributed by atoms with E-state index in [4.69, 9.17) is 19.9 Å². The molecule has 3 heterocycles. The van der Waals surface area contributed by atoms with Gasteiger partial charge in [0.25, 0.3) is 0 Å². The Morgan fingerprint density at radius 1 is 0.941 bits per heavy atom. The quantitative estimate of drug-likeness (QED) is 0.422. The second-order valence-corrected chi connectivity index (χ2v) is 8.12. The molecule has 0 amide bonds. The third kappa shape index (κ3) is 4.63. The number of ether oxygens (including phenoxy) is 3. The maximum absolute atomic E-state index is 15.8. The molecule has 34 heavy (non-hydrogen) atoms. The van der Waals surface area contributed by atoms with Crippen LogP contribution in [0.3, 0.4) is 0 Å². The molecule has 0 radical (unpaired) electrons. The van der Waals surface area contributed by atoms with Crippen molar-refractivity contribution in [2.45, 2.75) is 37.7 Å². The highest BCUT2D eigenvalue weighted by Crippen LogP contribution is 2.38. The minimum absolute atomic E-state index is 0.0354. The van der Waals surface area contributed by atoms with Gasteiger partial charge in [-0.25, -0.2) is 8.91 Å². The Morgan fingerprint density at radius 2 is 1.62 bits per heavy atom. The molecule has 176 valence electrons. The highest BCUT2D eigenvalue weighted by atomic mass is 19.1. The zero-order valence-corrected chi connectivity index (χ0v) is 18.3. The van der Waals surface area contributed by atoms with Gasteiger partial charge in [-0.05, 0) is 23.3 Å². The van der Waals surface area contributed by atoms with Crippen molar-refractivity contribution < 1.29 is 23.0 Å². The van der Waals surface area contributed by atoms with Gasteiger partial charge in [0.2, 0.25) is 0 Å². The summed E-state index contributed by atoms with van der Waals surface area (Å²) in [5.74, 6) is -0.0354. The molecule has 0 spiro atoms. The van der Waals surface area contributed by atoms with Gasteiger partial charge in [0.1, 0.15) is 23.8 Å². The van der Waals surface area contributed by atoms with E-state index < -0.39 is 30.6 Å². The number of aromatic nitrogens is 3. The number of benzene rings is 2. The lowest BCUT2D eigenvalue weighted by Crippen LogP contribution is -2.34. The molecular formula is C25H24F2N4O3. The number of hydrogen-bond acceptors (Lipinski definition) is 6. The smallest absolute Gasteiger partial charge is 0.327 e. The fourth-order valence-electron chi connectivity index (χ4n) is 4.15. The van der Waals surface area contributed by atoms with Crippen LogP contribution in [0.5, 0.6) is 0 Å². The fraction of sp³-hybridized carbons (Fsp3) is 0.280. The molecule has 0 bridgehead atoms. The van der Waals surface area contributed by atoms with Gasteiger partial charge in [-0.2, -0.15) is 9.37 Å². The topological polar surface area (TPSA) is 83.9 Å². The fourth-order valence-corrected chi connectivity index (χ4v) is 4.15. The molecule has 4 atom stereocenters. The van der Waals surface area contributed by atoms with Crippen LogP contribution in [0.2, 0.25) is 0 Å². The van der Waals surface area contributed by atoms with Crippen molar-refractivity contribution in [3.8, 4) is 0 Å². The maximum atomic E-state index is 15.8. The summed E-state index contributed by atoms with van der Waals surface area (Å²) in [6.07, 6.45) is -5.15. The van der Waals surface area contributed by atoms with Crippen molar-refractivity contribution in [1.29, 1.82) is 0 Å². The molecule has 0 aliphatic carbocycles. The van der Waals surface area contributed by atoms with Crippen LogP contribution in [-0.2, 0) is 27.4 Å². The van der Waals surface area contributed by atoms with Crippen molar-refractivity contribution in [3.63, 3.8) is 0 Å². The van der Waals surface area contributed by atoms with Crippen LogP contribution in [-0.4, -0.2) is 39.6 Å². The van der Waals surface area contributed by atoms with Gasteiger partial charge in [0, 0.05) is 0 Å². The minimum Gasteiger partial charge on any atom is -0.382 e. The summed E-state index contributed by atoms with van der Waals surface area (Å²) >= 11 is 0. The first-order valence-electron chi connectivity index (χ1n) is 11.0. The number of nitrogens with two attached hydrogens (primary N) is 1. The molecule has 2 aromatic heterocycles. The Morgan fingerprint density at radius 3 is 2.32 bits per heavy atom. The summed E-state index contributed by atoms with van der Waals surface area (Å²) in [5.41, 5.74) is 8.41. The van der Waals surface area contributed by atoms with Gasteiger partial charge < -0.3 is 19.9 Å². The second kappa shape index (κ2) is 9.84. The lowest BCUT2D eigenvalue weighted by atomic mass is 10.1. The first-order valence-corrected chi connectivity index (χ1v) is 11.0. The molecule has 1 saturated heterocycles. The van der Waals surface area contributed by atoms with Crippen molar-refractivity contribution in [2.24, 2.45) is 0 Å². The number of anilines is 1. The molecule has 4 aromatic rings. The van der Waals surface area contributed by atoms with E-state index in [-0.39, 0.29) is 19.0 Å². The monoisotopic (exact) mass is 466 g/mol. The summed E-state index contributed by atoms with van der Waals surface area (Å²) in [7, 11) is 0. The van der Waals surface area contributed by atoms with Crippen LogP contribution in [0.25, 0.3) is 5.52 Å². The Bertz CT molecular complexity index is 1240. The normalized spacial score (nSPS) is 22.4. The van der Waals surface area contributed by atoms with Gasteiger partial charge >= 0.3 is 6.08 Å². The predicted molar refractivity (Wildman–Crippen MR) is 121 cm³/mol. The Labute approximate surface area is 195 Å². The SMILES string of the molecule is Nc1nc(F)nn2c([C@@H]3O[C@H](COCc4ccccc4)[C@@H](OCc4ccccc4)[C@H]3F)ccc12. The van der Waals surface area contributed by atoms with Crippen molar-refractivity contribution in [1.82, 2.24) is 14.6 Å². The summed E-state index contributed by atoms with van der Waals surface area (Å²) in [6, 6.07) is 22.4. The first-order chi connectivity index (χ1) is 16.6. The Kier molecular flexibility index (Phi) is 6.48. The van der Waals surface area contributed by atoms with Crippen LogP contribution in [0.4, 0.5) is 14.6 Å². The lowest BCUT2D eigenvalue weighted by Gasteiger charge is -2.20. The van der Waals surface area contributed by atoms with E-state index in [1.807, 2.05) is 60.7 Å². The summed E-state index contributed by atoms with van der Waals surface area (Å²) < 4.78 is 48.7. The summed E-state index contributed by atoms with van der Waals surface area (Å²) in [4.78, 5) is 3.52. The molecule has 1 fully saturated rings. The van der Waals surface area contributed by atoms with Gasteiger partial charge in [0.05, 0.1) is 25.5 Å². The van der Waals surface area contributed by atoms with E-state index >= 15 is 4.39 Å². The molecular weight excluding hydrogens is 442 g/mol. The third-order valence-corrected chi connectivity index (χ3v) is 5.80. The number of halogens is 2. The largest absolute Gasteiger partial charge is 0.382 e. The van der Waals surface area contributed by atoms with Crippen LogP contribution in [0, 0.1) is 6.08 Å². The molecule has 1 aliphatic rings. The number of rotatable bonds is 8. The van der Waals surface area contributed by atoms with Gasteiger partial charge in [-0.1, -0.05) is 60.7 Å². The highest BCUT2D eigenvalue weighted by molar-refractivity contribution is 5.65. The standard InChI is InChI=1S/C25H24F2N4O3/c26-21-22(18-11-12-19-24(28)29-25(27)30-31(18)19)34-20(15-32-13-16-7-3-1-4-8-16)23(21)33-14-17-9-5-2-6-10-17/h1-12,20-23H,13-15H2,(H2,28,29,30)/t20-,21+,22+,23-/m1/s1. The molecule has 7 nitrogen and oxygen atoms in total. The van der Waals surface area contributed by atoms with E-state index in [9.17, 15) is 4.39 Å². The Hall–Kier alpha value is -3.40. The van der Waals surface area contributed by atoms with Crippen LogP contribution < -0.4 is 5.73 Å². The maximum Gasteiger partial charge on any atom is 0.327 e. The van der Waals surface area contributed by atoms with E-state index in [0.29, 0.717) is 17.8 Å². The number of hydrogen-bond donors (Lipinski definition) is 1. The Balaban J connectivity index is 1.36. The average Bonchev–Trinajstić information content (AvgIpc) is 3.40. The summed E-state index contributed by atoms with van der Waals surface area (Å²) in [5, 5.41) is 3.76.